The number of hydrogen-bond acceptors (Lipinski definition) is 4. The summed E-state index contributed by atoms with van der Waals surface area (Å²) in [6, 6.07) is 6.24. The minimum Gasteiger partial charge on any atom is -0.369 e. The van der Waals surface area contributed by atoms with Crippen molar-refractivity contribution in [1.29, 1.82) is 0 Å². The van der Waals surface area contributed by atoms with Crippen LogP contribution in [0.25, 0.3) is 0 Å². The topological polar surface area (TPSA) is 66.9 Å². The Morgan fingerprint density at radius 3 is 2.54 bits per heavy atom. The molecule has 24 heavy (non-hydrogen) atoms. The number of benzene rings is 1. The lowest BCUT2D eigenvalue weighted by Crippen LogP contribution is -2.26. The van der Waals surface area contributed by atoms with Gasteiger partial charge in [0.2, 0.25) is 0 Å². The van der Waals surface area contributed by atoms with Crippen molar-refractivity contribution in [2.24, 2.45) is 0 Å². The van der Waals surface area contributed by atoms with Gasteiger partial charge in [0.25, 0.3) is 5.91 Å². The largest absolute Gasteiger partial charge is 0.369 e. The third-order valence-corrected chi connectivity index (χ3v) is 3.58. The Morgan fingerprint density at radius 2 is 1.88 bits per heavy atom. The van der Waals surface area contributed by atoms with Crippen molar-refractivity contribution < 1.29 is 9.18 Å². The summed E-state index contributed by atoms with van der Waals surface area (Å²) in [6.07, 6.45) is 7.11. The van der Waals surface area contributed by atoms with E-state index >= 15 is 0 Å². The number of carbonyl (C=O) groups excluding carboxylic acids is 1. The number of carbonyl (C=O) groups is 1. The first kappa shape index (κ1) is 17.8. The molecule has 0 saturated heterocycles. The molecule has 0 bridgehead atoms. The maximum absolute atomic E-state index is 12.8. The van der Waals surface area contributed by atoms with Crippen LogP contribution in [-0.2, 0) is 6.42 Å². The molecular weight excluding hydrogens is 307 g/mol. The molecule has 128 valence electrons. The summed E-state index contributed by atoms with van der Waals surface area (Å²) in [6.45, 7) is 3.47. The highest BCUT2D eigenvalue weighted by atomic mass is 19.1. The van der Waals surface area contributed by atoms with Crippen molar-refractivity contribution in [3.05, 3.63) is 53.7 Å². The average Bonchev–Trinajstić information content (AvgIpc) is 2.61. The molecule has 1 aromatic carbocycles. The number of unbranched alkanes of at least 4 members (excludes halogenated alkanes) is 2. The van der Waals surface area contributed by atoms with Crippen LogP contribution in [0.2, 0.25) is 0 Å². The lowest BCUT2D eigenvalue weighted by molar-refractivity contribution is 0.0949. The van der Waals surface area contributed by atoms with Gasteiger partial charge in [-0.05, 0) is 30.5 Å². The summed E-state index contributed by atoms with van der Waals surface area (Å²) in [7, 11) is 0. The molecular formula is C18H23FN4O. The Balaban J connectivity index is 1.74. The van der Waals surface area contributed by atoms with E-state index in [0.29, 0.717) is 18.8 Å². The van der Waals surface area contributed by atoms with Gasteiger partial charge in [-0.1, -0.05) is 31.9 Å². The van der Waals surface area contributed by atoms with Gasteiger partial charge in [-0.25, -0.2) is 14.4 Å². The first-order valence-corrected chi connectivity index (χ1v) is 8.27. The molecule has 2 N–H and O–H groups in total. The molecule has 1 amide bonds. The van der Waals surface area contributed by atoms with E-state index < -0.39 is 0 Å². The van der Waals surface area contributed by atoms with Gasteiger partial charge in [0.1, 0.15) is 17.3 Å². The van der Waals surface area contributed by atoms with Crippen LogP contribution in [0, 0.1) is 5.82 Å². The van der Waals surface area contributed by atoms with E-state index in [9.17, 15) is 9.18 Å². The van der Waals surface area contributed by atoms with Gasteiger partial charge in [0.05, 0.1) is 12.4 Å². The van der Waals surface area contributed by atoms with E-state index in [4.69, 9.17) is 0 Å². The fourth-order valence-electron chi connectivity index (χ4n) is 2.19. The third kappa shape index (κ3) is 5.95. The van der Waals surface area contributed by atoms with Gasteiger partial charge in [0, 0.05) is 13.1 Å². The highest BCUT2D eigenvalue weighted by molar-refractivity contribution is 5.91. The van der Waals surface area contributed by atoms with Crippen LogP contribution in [0.1, 0.15) is 42.2 Å². The second-order valence-corrected chi connectivity index (χ2v) is 5.55. The molecule has 5 nitrogen and oxygen atoms in total. The zero-order valence-electron chi connectivity index (χ0n) is 13.9. The zero-order chi connectivity index (χ0) is 17.2. The second-order valence-electron chi connectivity index (χ2n) is 5.55. The summed E-state index contributed by atoms with van der Waals surface area (Å²) in [4.78, 5) is 20.3. The van der Waals surface area contributed by atoms with Crippen molar-refractivity contribution in [2.75, 3.05) is 18.4 Å². The van der Waals surface area contributed by atoms with Gasteiger partial charge in [0.15, 0.2) is 0 Å². The fraction of sp³-hybridized carbons (Fsp3) is 0.389. The predicted octanol–water partition coefficient (Wildman–Crippen LogP) is 3.19. The molecule has 0 unspecified atom stereocenters. The molecule has 0 aliphatic carbocycles. The van der Waals surface area contributed by atoms with Crippen LogP contribution < -0.4 is 10.6 Å². The van der Waals surface area contributed by atoms with E-state index in [-0.39, 0.29) is 17.4 Å². The molecule has 0 spiro atoms. The van der Waals surface area contributed by atoms with E-state index in [2.05, 4.69) is 27.5 Å². The molecule has 0 fully saturated rings. The molecule has 6 heteroatoms. The molecule has 0 radical (unpaired) electrons. The fourth-order valence-corrected chi connectivity index (χ4v) is 2.19. The molecule has 0 aliphatic heterocycles. The zero-order valence-corrected chi connectivity index (χ0v) is 13.9. The Bertz CT molecular complexity index is 628. The third-order valence-electron chi connectivity index (χ3n) is 3.58. The van der Waals surface area contributed by atoms with Crippen molar-refractivity contribution in [3.8, 4) is 0 Å². The Hall–Kier alpha value is -2.50. The molecule has 2 aromatic rings. The minimum atomic E-state index is -0.263. The van der Waals surface area contributed by atoms with Gasteiger partial charge in [-0.3, -0.25) is 4.79 Å². The highest BCUT2D eigenvalue weighted by Crippen LogP contribution is 2.04. The maximum atomic E-state index is 12.8. The highest BCUT2D eigenvalue weighted by Gasteiger charge is 2.07. The quantitative estimate of drug-likeness (QED) is 0.693. The average molecular weight is 330 g/mol. The number of nitrogens with one attached hydrogen (secondary N) is 2. The summed E-state index contributed by atoms with van der Waals surface area (Å²) < 4.78 is 12.8. The van der Waals surface area contributed by atoms with Crippen LogP contribution in [0.15, 0.2) is 36.7 Å². The molecule has 0 saturated carbocycles. The van der Waals surface area contributed by atoms with Crippen LogP contribution in [0.4, 0.5) is 10.2 Å². The molecule has 0 aliphatic rings. The smallest absolute Gasteiger partial charge is 0.271 e. The predicted molar refractivity (Wildman–Crippen MR) is 92.5 cm³/mol. The standard InChI is InChI=1S/C18H23FN4O/c1-2-3-4-10-20-17-13-22-16(12-23-17)18(24)21-11-9-14-5-7-15(19)8-6-14/h5-8,12-13H,2-4,9-11H2,1H3,(H,20,23)(H,21,24). The van der Waals surface area contributed by atoms with E-state index in [1.165, 1.54) is 31.2 Å². The first-order valence-electron chi connectivity index (χ1n) is 8.27. The number of rotatable bonds is 9. The molecule has 0 atom stereocenters. The second kappa shape index (κ2) is 9.60. The van der Waals surface area contributed by atoms with E-state index in [1.54, 1.807) is 18.3 Å². The molecule has 2 rings (SSSR count). The van der Waals surface area contributed by atoms with Crippen molar-refractivity contribution in [2.45, 2.75) is 32.6 Å². The molecule has 1 heterocycles. The van der Waals surface area contributed by atoms with Gasteiger partial charge >= 0.3 is 0 Å². The lowest BCUT2D eigenvalue weighted by atomic mass is 10.1. The monoisotopic (exact) mass is 330 g/mol. The number of nitrogens with zero attached hydrogens (tertiary/aromatic N) is 2. The first-order chi connectivity index (χ1) is 11.7. The number of anilines is 1. The lowest BCUT2D eigenvalue weighted by Gasteiger charge is -2.07. The van der Waals surface area contributed by atoms with Crippen LogP contribution in [-0.4, -0.2) is 29.0 Å². The Kier molecular flexibility index (Phi) is 7.14. The molecule has 1 aromatic heterocycles. The van der Waals surface area contributed by atoms with E-state index in [1.807, 2.05) is 0 Å². The number of amides is 1. The number of aromatic nitrogens is 2. The summed E-state index contributed by atoms with van der Waals surface area (Å²) in [5.41, 5.74) is 1.25. The van der Waals surface area contributed by atoms with Gasteiger partial charge in [-0.15, -0.1) is 0 Å². The van der Waals surface area contributed by atoms with Gasteiger partial charge in [-0.2, -0.15) is 0 Å². The summed E-state index contributed by atoms with van der Waals surface area (Å²) >= 11 is 0. The van der Waals surface area contributed by atoms with Crippen LogP contribution in [0.5, 0.6) is 0 Å². The normalized spacial score (nSPS) is 10.4. The van der Waals surface area contributed by atoms with Crippen LogP contribution in [0.3, 0.4) is 0 Å². The number of hydrogen-bond donors (Lipinski definition) is 2. The van der Waals surface area contributed by atoms with Crippen molar-refractivity contribution >= 4 is 11.7 Å². The maximum Gasteiger partial charge on any atom is 0.271 e. The Morgan fingerprint density at radius 1 is 1.08 bits per heavy atom. The number of halogens is 1. The summed E-state index contributed by atoms with van der Waals surface area (Å²) in [5, 5.41) is 5.96. The van der Waals surface area contributed by atoms with E-state index in [0.717, 1.165) is 18.5 Å². The van der Waals surface area contributed by atoms with Crippen molar-refractivity contribution in [3.63, 3.8) is 0 Å². The SMILES string of the molecule is CCCCCNc1cnc(C(=O)NCCc2ccc(F)cc2)cn1. The minimum absolute atomic E-state index is 0.262. The van der Waals surface area contributed by atoms with Crippen LogP contribution >= 0.6 is 0 Å². The summed E-state index contributed by atoms with van der Waals surface area (Å²) in [5.74, 6) is 0.151. The van der Waals surface area contributed by atoms with Crippen molar-refractivity contribution in [1.82, 2.24) is 15.3 Å². The Labute approximate surface area is 141 Å². The van der Waals surface area contributed by atoms with Gasteiger partial charge < -0.3 is 10.6 Å².